The van der Waals surface area contributed by atoms with Gasteiger partial charge in [-0.2, -0.15) is 0 Å². The van der Waals surface area contributed by atoms with E-state index in [1.807, 2.05) is 11.9 Å². The lowest BCUT2D eigenvalue weighted by atomic mass is 9.85. The SMILES string of the molecule is C[C@H]1CN(Cc2ccc(N(C)C(=O)C3CCC(Nc4ccc(F)cc4)CC3)cc2)CCN1. The molecule has 32 heavy (non-hydrogen) atoms. The van der Waals surface area contributed by atoms with Gasteiger partial charge in [-0.1, -0.05) is 12.1 Å². The van der Waals surface area contributed by atoms with Gasteiger partial charge in [-0.05, 0) is 74.6 Å². The lowest BCUT2D eigenvalue weighted by Gasteiger charge is -2.32. The summed E-state index contributed by atoms with van der Waals surface area (Å²) in [6.45, 7) is 6.36. The van der Waals surface area contributed by atoms with Crippen LogP contribution in [0, 0.1) is 11.7 Å². The number of nitrogens with one attached hydrogen (secondary N) is 2. The molecule has 5 nitrogen and oxygen atoms in total. The van der Waals surface area contributed by atoms with Crippen LogP contribution in [-0.4, -0.2) is 49.6 Å². The molecule has 0 aromatic heterocycles. The zero-order valence-electron chi connectivity index (χ0n) is 19.2. The number of amides is 1. The van der Waals surface area contributed by atoms with E-state index in [1.165, 1.54) is 17.7 Å². The molecule has 1 heterocycles. The Hall–Kier alpha value is -2.44. The number of hydrogen-bond donors (Lipinski definition) is 2. The van der Waals surface area contributed by atoms with E-state index in [4.69, 9.17) is 0 Å². The predicted molar refractivity (Wildman–Crippen MR) is 128 cm³/mol. The van der Waals surface area contributed by atoms with Crippen molar-refractivity contribution >= 4 is 17.3 Å². The number of halogens is 1. The monoisotopic (exact) mass is 438 g/mol. The van der Waals surface area contributed by atoms with Crippen molar-refractivity contribution in [1.82, 2.24) is 10.2 Å². The Bertz CT molecular complexity index is 878. The van der Waals surface area contributed by atoms with Crippen molar-refractivity contribution in [2.75, 3.05) is 36.9 Å². The molecule has 2 aromatic carbocycles. The van der Waals surface area contributed by atoms with Gasteiger partial charge in [0.25, 0.3) is 0 Å². The highest BCUT2D eigenvalue weighted by Gasteiger charge is 2.28. The molecule has 1 aliphatic heterocycles. The molecule has 0 unspecified atom stereocenters. The van der Waals surface area contributed by atoms with Crippen LogP contribution in [0.25, 0.3) is 0 Å². The van der Waals surface area contributed by atoms with E-state index in [9.17, 15) is 9.18 Å². The molecular weight excluding hydrogens is 403 g/mol. The topological polar surface area (TPSA) is 47.6 Å². The van der Waals surface area contributed by atoms with E-state index in [2.05, 4.69) is 46.7 Å². The number of rotatable bonds is 6. The summed E-state index contributed by atoms with van der Waals surface area (Å²) >= 11 is 0. The lowest BCUT2D eigenvalue weighted by molar-refractivity contribution is -0.123. The fraction of sp³-hybridized carbons (Fsp3) is 0.500. The normalized spacial score (nSPS) is 24.2. The van der Waals surface area contributed by atoms with Crippen molar-refractivity contribution in [2.24, 2.45) is 5.92 Å². The quantitative estimate of drug-likeness (QED) is 0.708. The summed E-state index contributed by atoms with van der Waals surface area (Å²) in [6.07, 6.45) is 3.65. The van der Waals surface area contributed by atoms with E-state index < -0.39 is 0 Å². The third kappa shape index (κ3) is 5.87. The van der Waals surface area contributed by atoms with Crippen molar-refractivity contribution in [3.8, 4) is 0 Å². The molecular formula is C26H35FN4O. The summed E-state index contributed by atoms with van der Waals surface area (Å²) in [5, 5.41) is 6.95. The maximum absolute atomic E-state index is 13.1. The third-order valence-corrected chi connectivity index (χ3v) is 6.80. The number of benzene rings is 2. The first-order valence-corrected chi connectivity index (χ1v) is 11.8. The molecule has 0 bridgehead atoms. The third-order valence-electron chi connectivity index (χ3n) is 6.80. The molecule has 1 saturated carbocycles. The van der Waals surface area contributed by atoms with Crippen LogP contribution in [0.4, 0.5) is 15.8 Å². The molecule has 2 aliphatic rings. The Balaban J connectivity index is 1.26. The summed E-state index contributed by atoms with van der Waals surface area (Å²) in [5.74, 6) is 0.0431. The van der Waals surface area contributed by atoms with Gasteiger partial charge in [-0.25, -0.2) is 4.39 Å². The molecule has 0 radical (unpaired) electrons. The van der Waals surface area contributed by atoms with Gasteiger partial charge < -0.3 is 15.5 Å². The molecule has 2 fully saturated rings. The highest BCUT2D eigenvalue weighted by molar-refractivity contribution is 5.94. The molecule has 1 aliphatic carbocycles. The second-order valence-corrected chi connectivity index (χ2v) is 9.35. The average Bonchev–Trinajstić information content (AvgIpc) is 2.81. The maximum Gasteiger partial charge on any atom is 0.229 e. The average molecular weight is 439 g/mol. The van der Waals surface area contributed by atoms with Crippen LogP contribution < -0.4 is 15.5 Å². The van der Waals surface area contributed by atoms with Crippen LogP contribution in [0.2, 0.25) is 0 Å². The van der Waals surface area contributed by atoms with Crippen molar-refractivity contribution in [3.63, 3.8) is 0 Å². The number of anilines is 2. The zero-order chi connectivity index (χ0) is 22.5. The van der Waals surface area contributed by atoms with Crippen LogP contribution in [0.1, 0.15) is 38.2 Å². The molecule has 1 atom stereocenters. The number of piperazine rings is 1. The van der Waals surface area contributed by atoms with Crippen molar-refractivity contribution in [3.05, 3.63) is 59.9 Å². The first kappa shape index (κ1) is 22.7. The van der Waals surface area contributed by atoms with Gasteiger partial charge in [0.2, 0.25) is 5.91 Å². The Morgan fingerprint density at radius 2 is 1.78 bits per heavy atom. The lowest BCUT2D eigenvalue weighted by Crippen LogP contribution is -2.48. The van der Waals surface area contributed by atoms with Crippen molar-refractivity contribution in [2.45, 2.75) is 51.2 Å². The second-order valence-electron chi connectivity index (χ2n) is 9.35. The Morgan fingerprint density at radius 3 is 2.44 bits per heavy atom. The molecule has 1 saturated heterocycles. The van der Waals surface area contributed by atoms with Crippen LogP contribution in [0.15, 0.2) is 48.5 Å². The van der Waals surface area contributed by atoms with Gasteiger partial charge in [0.15, 0.2) is 0 Å². The molecule has 2 N–H and O–H groups in total. The van der Waals surface area contributed by atoms with E-state index in [0.29, 0.717) is 12.1 Å². The minimum Gasteiger partial charge on any atom is -0.382 e. The minimum atomic E-state index is -0.223. The number of hydrogen-bond acceptors (Lipinski definition) is 4. The Kier molecular flexibility index (Phi) is 7.43. The largest absolute Gasteiger partial charge is 0.382 e. The van der Waals surface area contributed by atoms with Crippen LogP contribution in [-0.2, 0) is 11.3 Å². The fourth-order valence-electron chi connectivity index (χ4n) is 4.91. The van der Waals surface area contributed by atoms with Gasteiger partial charge in [0.05, 0.1) is 0 Å². The van der Waals surface area contributed by atoms with Crippen LogP contribution in [0.3, 0.4) is 0 Å². The summed E-state index contributed by atoms with van der Waals surface area (Å²) in [6, 6.07) is 15.8. The van der Waals surface area contributed by atoms with Crippen molar-refractivity contribution < 1.29 is 9.18 Å². The molecule has 6 heteroatoms. The fourth-order valence-corrected chi connectivity index (χ4v) is 4.91. The summed E-state index contributed by atoms with van der Waals surface area (Å²) in [4.78, 5) is 17.4. The first-order valence-electron chi connectivity index (χ1n) is 11.8. The van der Waals surface area contributed by atoms with Gasteiger partial charge in [-0.15, -0.1) is 0 Å². The number of nitrogens with zero attached hydrogens (tertiary/aromatic N) is 2. The Morgan fingerprint density at radius 1 is 1.09 bits per heavy atom. The van der Waals surface area contributed by atoms with E-state index >= 15 is 0 Å². The highest BCUT2D eigenvalue weighted by Crippen LogP contribution is 2.29. The zero-order valence-corrected chi connectivity index (χ0v) is 19.2. The van der Waals surface area contributed by atoms with Gasteiger partial charge in [0.1, 0.15) is 5.82 Å². The summed E-state index contributed by atoms with van der Waals surface area (Å²) in [5.41, 5.74) is 3.18. The second kappa shape index (κ2) is 10.5. The summed E-state index contributed by atoms with van der Waals surface area (Å²) in [7, 11) is 1.89. The van der Waals surface area contributed by atoms with Gasteiger partial charge >= 0.3 is 0 Å². The molecule has 4 rings (SSSR count). The minimum absolute atomic E-state index is 0.0632. The van der Waals surface area contributed by atoms with Gasteiger partial charge in [0, 0.05) is 62.6 Å². The molecule has 0 spiro atoms. The van der Waals surface area contributed by atoms with E-state index in [1.54, 1.807) is 12.1 Å². The van der Waals surface area contributed by atoms with E-state index in [-0.39, 0.29) is 17.6 Å². The summed E-state index contributed by atoms with van der Waals surface area (Å²) < 4.78 is 13.1. The van der Waals surface area contributed by atoms with E-state index in [0.717, 1.165) is 63.2 Å². The molecule has 2 aromatic rings. The number of carbonyl (C=O) groups excluding carboxylic acids is 1. The molecule has 172 valence electrons. The molecule has 1 amide bonds. The van der Waals surface area contributed by atoms with Crippen LogP contribution in [0.5, 0.6) is 0 Å². The van der Waals surface area contributed by atoms with Gasteiger partial charge in [-0.3, -0.25) is 9.69 Å². The number of carbonyl (C=O) groups is 1. The Labute approximate surface area is 191 Å². The maximum atomic E-state index is 13.1. The van der Waals surface area contributed by atoms with Crippen LogP contribution >= 0.6 is 0 Å². The standard InChI is InChI=1S/C26H35FN4O/c1-19-17-31(16-15-28-19)18-20-3-13-25(14-4-20)30(2)26(32)21-5-9-23(10-6-21)29-24-11-7-22(27)8-12-24/h3-4,7-8,11-14,19,21,23,28-29H,5-6,9-10,15-18H2,1-2H3/t19-,21?,23?/m0/s1. The first-order chi connectivity index (χ1) is 15.5. The van der Waals surface area contributed by atoms with Crippen molar-refractivity contribution in [1.29, 1.82) is 0 Å². The predicted octanol–water partition coefficient (Wildman–Crippen LogP) is 4.25. The highest BCUT2D eigenvalue weighted by atomic mass is 19.1. The smallest absolute Gasteiger partial charge is 0.229 e.